The van der Waals surface area contributed by atoms with E-state index in [-0.39, 0.29) is 10.9 Å². The summed E-state index contributed by atoms with van der Waals surface area (Å²) in [7, 11) is 0. The summed E-state index contributed by atoms with van der Waals surface area (Å²) in [4.78, 5) is 0. The molecule has 0 unspecified atom stereocenters. The van der Waals surface area contributed by atoms with Crippen LogP contribution in [0.4, 0.5) is 0 Å². The predicted octanol–water partition coefficient (Wildman–Crippen LogP) is 4.67. The summed E-state index contributed by atoms with van der Waals surface area (Å²) in [5.41, 5.74) is 0.797. The van der Waals surface area contributed by atoms with Gasteiger partial charge in [0.1, 0.15) is 0 Å². The second-order valence-corrected chi connectivity index (χ2v) is 7.18. The number of nitrogens with zero attached hydrogens (tertiary/aromatic N) is 1. The van der Waals surface area contributed by atoms with Crippen molar-refractivity contribution in [3.63, 3.8) is 0 Å². The van der Waals surface area contributed by atoms with Gasteiger partial charge in [-0.2, -0.15) is 0 Å². The molecule has 2 rings (SSSR count). The number of hydrogen-bond donors (Lipinski definition) is 0. The Morgan fingerprint density at radius 1 is 1.19 bits per heavy atom. The molecule has 0 aliphatic rings. The van der Waals surface area contributed by atoms with Crippen LogP contribution >= 0.6 is 18.3 Å². The molecule has 0 atom stereocenters. The fourth-order valence-corrected chi connectivity index (χ4v) is 3.87. The number of hydrogen-bond acceptors (Lipinski definition) is 6. The minimum absolute atomic E-state index is 0.0840. The maximum atomic E-state index is 6.24. The zero-order chi connectivity index (χ0) is 15.3. The summed E-state index contributed by atoms with van der Waals surface area (Å²) in [6.07, 6.45) is 0. The highest BCUT2D eigenvalue weighted by Crippen LogP contribution is 2.51. The SMILES string of the molecule is CCOP(=S)(OCC)Oc1noc(-c2ccccc2)c1Cl. The van der Waals surface area contributed by atoms with E-state index in [1.54, 1.807) is 0 Å². The van der Waals surface area contributed by atoms with E-state index in [1.165, 1.54) is 0 Å². The number of aromatic nitrogens is 1. The highest BCUT2D eigenvalue weighted by Gasteiger charge is 2.27. The molecule has 2 aromatic rings. The number of halogens is 1. The Kier molecular flexibility index (Phi) is 5.79. The van der Waals surface area contributed by atoms with E-state index in [0.717, 1.165) is 5.56 Å². The van der Waals surface area contributed by atoms with Gasteiger partial charge in [-0.3, -0.25) is 9.05 Å². The molecule has 0 N–H and O–H groups in total. The third-order valence-corrected chi connectivity index (χ3v) is 5.15. The van der Waals surface area contributed by atoms with E-state index in [9.17, 15) is 0 Å². The van der Waals surface area contributed by atoms with Crippen molar-refractivity contribution in [2.45, 2.75) is 13.8 Å². The Morgan fingerprint density at radius 3 is 2.38 bits per heavy atom. The molecule has 0 spiro atoms. The van der Waals surface area contributed by atoms with E-state index in [0.29, 0.717) is 19.0 Å². The van der Waals surface area contributed by atoms with Gasteiger partial charge in [-0.05, 0) is 19.0 Å². The zero-order valence-corrected chi connectivity index (χ0v) is 14.1. The van der Waals surface area contributed by atoms with Crippen LogP contribution in [0.3, 0.4) is 0 Å². The summed E-state index contributed by atoms with van der Waals surface area (Å²) in [5, 5.41) is 4.06. The van der Waals surface area contributed by atoms with Gasteiger partial charge in [0.15, 0.2) is 10.8 Å². The Labute approximate surface area is 133 Å². The normalized spacial score (nSPS) is 11.6. The summed E-state index contributed by atoms with van der Waals surface area (Å²) >= 11 is 11.5. The molecule has 0 amide bonds. The Balaban J connectivity index is 2.26. The molecule has 8 heteroatoms. The number of rotatable bonds is 7. The quantitative estimate of drug-likeness (QED) is 0.678. The topological polar surface area (TPSA) is 53.7 Å². The van der Waals surface area contributed by atoms with E-state index >= 15 is 0 Å². The van der Waals surface area contributed by atoms with Crippen LogP contribution < -0.4 is 4.52 Å². The summed E-state index contributed by atoms with van der Waals surface area (Å²) in [5.74, 6) is 0.502. The molecule has 0 radical (unpaired) electrons. The largest absolute Gasteiger partial charge is 0.401 e. The molecule has 0 bridgehead atoms. The van der Waals surface area contributed by atoms with Crippen LogP contribution in [0.1, 0.15) is 13.8 Å². The Bertz CT molecular complexity index is 624. The molecule has 0 fully saturated rings. The van der Waals surface area contributed by atoms with Crippen molar-refractivity contribution in [1.29, 1.82) is 0 Å². The van der Waals surface area contributed by atoms with Crippen molar-refractivity contribution in [3.8, 4) is 17.2 Å². The zero-order valence-electron chi connectivity index (χ0n) is 11.6. The maximum absolute atomic E-state index is 6.24. The molecular weight excluding hydrogens is 333 g/mol. The number of benzene rings is 1. The molecule has 1 heterocycles. The summed E-state index contributed by atoms with van der Waals surface area (Å²) in [6.45, 7) is 1.44. The van der Waals surface area contributed by atoms with Crippen molar-refractivity contribution < 1.29 is 18.1 Å². The molecule has 114 valence electrons. The first kappa shape index (κ1) is 16.5. The summed E-state index contributed by atoms with van der Waals surface area (Å²) < 4.78 is 21.6. The fourth-order valence-electron chi connectivity index (χ4n) is 1.60. The van der Waals surface area contributed by atoms with Crippen molar-refractivity contribution in [1.82, 2.24) is 5.16 Å². The van der Waals surface area contributed by atoms with Crippen molar-refractivity contribution in [2.75, 3.05) is 13.2 Å². The van der Waals surface area contributed by atoms with Crippen LogP contribution in [0.15, 0.2) is 34.9 Å². The van der Waals surface area contributed by atoms with Gasteiger partial charge in [0.2, 0.25) is 0 Å². The molecular formula is C13H15ClNO4PS. The lowest BCUT2D eigenvalue weighted by Crippen LogP contribution is -2.02. The minimum atomic E-state index is -2.92. The van der Waals surface area contributed by atoms with Gasteiger partial charge in [-0.25, -0.2) is 0 Å². The van der Waals surface area contributed by atoms with Crippen LogP contribution in [0, 0.1) is 0 Å². The average molecular weight is 348 g/mol. The maximum Gasteiger partial charge on any atom is 0.381 e. The lowest BCUT2D eigenvalue weighted by Gasteiger charge is -2.19. The van der Waals surface area contributed by atoms with Crippen LogP contribution in [-0.2, 0) is 20.9 Å². The summed E-state index contributed by atoms with van der Waals surface area (Å²) in [6, 6.07) is 9.36. The predicted molar refractivity (Wildman–Crippen MR) is 85.1 cm³/mol. The van der Waals surface area contributed by atoms with E-state index in [1.807, 2.05) is 44.2 Å². The fraction of sp³-hybridized carbons (Fsp3) is 0.308. The monoisotopic (exact) mass is 347 g/mol. The van der Waals surface area contributed by atoms with Crippen molar-refractivity contribution >= 4 is 30.1 Å². The minimum Gasteiger partial charge on any atom is -0.401 e. The van der Waals surface area contributed by atoms with Crippen LogP contribution in [0.2, 0.25) is 5.02 Å². The molecule has 0 aliphatic heterocycles. The van der Waals surface area contributed by atoms with Crippen LogP contribution in [-0.4, -0.2) is 18.4 Å². The first-order valence-corrected chi connectivity index (χ1v) is 9.32. The Morgan fingerprint density at radius 2 is 1.81 bits per heavy atom. The third kappa shape index (κ3) is 4.05. The second kappa shape index (κ2) is 7.38. The van der Waals surface area contributed by atoms with Gasteiger partial charge in [0.25, 0.3) is 5.88 Å². The lowest BCUT2D eigenvalue weighted by molar-refractivity contribution is 0.213. The van der Waals surface area contributed by atoms with Crippen LogP contribution in [0.5, 0.6) is 5.88 Å². The molecule has 0 saturated carbocycles. The van der Waals surface area contributed by atoms with Gasteiger partial charge in [0.05, 0.1) is 13.2 Å². The van der Waals surface area contributed by atoms with Gasteiger partial charge >= 0.3 is 6.72 Å². The molecule has 21 heavy (non-hydrogen) atoms. The molecule has 0 aliphatic carbocycles. The molecule has 1 aromatic carbocycles. The highest BCUT2D eigenvalue weighted by molar-refractivity contribution is 8.07. The average Bonchev–Trinajstić information content (AvgIpc) is 2.81. The first-order valence-electron chi connectivity index (χ1n) is 6.39. The molecule has 1 aromatic heterocycles. The van der Waals surface area contributed by atoms with Gasteiger partial charge in [-0.15, -0.1) is 0 Å². The van der Waals surface area contributed by atoms with Gasteiger partial charge in [0, 0.05) is 17.4 Å². The van der Waals surface area contributed by atoms with Crippen LogP contribution in [0.25, 0.3) is 11.3 Å². The standard InChI is InChI=1S/C13H15ClNO4PS/c1-3-16-20(21,17-4-2)19-13-11(14)12(18-15-13)10-8-6-5-7-9-10/h5-9H,3-4H2,1-2H3. The molecule has 5 nitrogen and oxygen atoms in total. The smallest absolute Gasteiger partial charge is 0.381 e. The lowest BCUT2D eigenvalue weighted by atomic mass is 10.2. The third-order valence-electron chi connectivity index (χ3n) is 2.42. The first-order chi connectivity index (χ1) is 10.1. The van der Waals surface area contributed by atoms with Crippen molar-refractivity contribution in [3.05, 3.63) is 35.4 Å². The van der Waals surface area contributed by atoms with Gasteiger partial charge < -0.3 is 9.05 Å². The van der Waals surface area contributed by atoms with Gasteiger partial charge in [-0.1, -0.05) is 41.9 Å². The highest BCUT2D eigenvalue weighted by atomic mass is 35.5. The van der Waals surface area contributed by atoms with Crippen molar-refractivity contribution in [2.24, 2.45) is 0 Å². The van der Waals surface area contributed by atoms with E-state index in [2.05, 4.69) is 5.16 Å². The molecule has 0 saturated heterocycles. The Hall–Kier alpha value is -0.910. The second-order valence-electron chi connectivity index (χ2n) is 3.87. The van der Waals surface area contributed by atoms with E-state index in [4.69, 9.17) is 41.5 Å². The van der Waals surface area contributed by atoms with E-state index < -0.39 is 6.72 Å².